The Morgan fingerprint density at radius 2 is 2.00 bits per heavy atom. The molecule has 0 aliphatic rings. The number of ether oxygens (including phenoxy) is 1. The van der Waals surface area contributed by atoms with E-state index in [0.717, 1.165) is 25.9 Å². The Labute approximate surface area is 158 Å². The molecule has 0 saturated heterocycles. The minimum absolute atomic E-state index is 0.107. The van der Waals surface area contributed by atoms with Crippen LogP contribution in [0.25, 0.3) is 0 Å². The second-order valence-corrected chi connectivity index (χ2v) is 8.24. The van der Waals surface area contributed by atoms with Gasteiger partial charge in [-0.25, -0.2) is 4.79 Å². The number of rotatable bonds is 7. The lowest BCUT2D eigenvalue weighted by Gasteiger charge is -2.10. The van der Waals surface area contributed by atoms with Gasteiger partial charge in [-0.15, -0.1) is 0 Å². The summed E-state index contributed by atoms with van der Waals surface area (Å²) in [7, 11) is -1.06. The Morgan fingerprint density at radius 3 is 2.58 bits per heavy atom. The molecule has 1 aromatic heterocycles. The number of aryl methyl sites for hydroxylation is 1. The fourth-order valence-corrected chi connectivity index (χ4v) is 3.31. The van der Waals surface area contributed by atoms with Crippen molar-refractivity contribution in [3.8, 4) is 0 Å². The molecule has 0 N–H and O–H groups in total. The summed E-state index contributed by atoms with van der Waals surface area (Å²) in [5.74, 6) is -0.620. The van der Waals surface area contributed by atoms with E-state index in [1.54, 1.807) is 13.0 Å². The number of carbonyl (C=O) groups is 1. The lowest BCUT2D eigenvalue weighted by Crippen LogP contribution is -2.29. The molecule has 2 aromatic rings. The van der Waals surface area contributed by atoms with Gasteiger partial charge in [-0.2, -0.15) is 21.9 Å². The first kappa shape index (κ1) is 20.4. The predicted molar refractivity (Wildman–Crippen MR) is 99.8 cm³/mol. The maximum Gasteiger partial charge on any atom is 0.341 e. The molecule has 0 fully saturated rings. The first-order valence-corrected chi connectivity index (χ1v) is 9.94. The number of benzene rings is 1. The average molecular weight is 400 g/mol. The molecule has 26 heavy (non-hydrogen) atoms. The van der Waals surface area contributed by atoms with Crippen LogP contribution in [-0.2, 0) is 27.8 Å². The summed E-state index contributed by atoms with van der Waals surface area (Å²) in [5, 5.41) is 4.66. The molecule has 0 spiro atoms. The highest BCUT2D eigenvalue weighted by Crippen LogP contribution is 2.23. The molecule has 0 unspecified atom stereocenters. The van der Waals surface area contributed by atoms with Crippen LogP contribution in [0.3, 0.4) is 0 Å². The van der Waals surface area contributed by atoms with Gasteiger partial charge in [-0.1, -0.05) is 30.7 Å². The summed E-state index contributed by atoms with van der Waals surface area (Å²) in [6, 6.07) is 5.64. The summed E-state index contributed by atoms with van der Waals surface area (Å²) in [6.07, 6.45) is 2.23. The van der Waals surface area contributed by atoms with Crippen molar-refractivity contribution in [3.63, 3.8) is 0 Å². The standard InChI is InChI=1S/C17H22ClN3O4S/c1-5-12-7-8-15(18)13(9-12)10-16-14(17(22)25-6-2)11-21(19-16)26(23,24)20(3)4/h7-9,11H,5-6,10H2,1-4H3. The van der Waals surface area contributed by atoms with Crippen LogP contribution in [0.5, 0.6) is 0 Å². The highest BCUT2D eigenvalue weighted by atomic mass is 35.5. The summed E-state index contributed by atoms with van der Waals surface area (Å²) in [6.45, 7) is 3.88. The van der Waals surface area contributed by atoms with Crippen LogP contribution in [-0.4, -0.2) is 48.6 Å². The third kappa shape index (κ3) is 4.25. The number of esters is 1. The van der Waals surface area contributed by atoms with Crippen molar-refractivity contribution in [1.29, 1.82) is 0 Å². The smallest absolute Gasteiger partial charge is 0.341 e. The third-order valence-corrected chi connectivity index (χ3v) is 5.79. The SMILES string of the molecule is CCOC(=O)c1cn(S(=O)(=O)N(C)C)nc1Cc1cc(CC)ccc1Cl. The Bertz CT molecular complexity index is 907. The van der Waals surface area contributed by atoms with Gasteiger partial charge in [0.1, 0.15) is 5.56 Å². The molecule has 1 heterocycles. The van der Waals surface area contributed by atoms with Crippen LogP contribution in [0.4, 0.5) is 0 Å². The van der Waals surface area contributed by atoms with E-state index in [1.165, 1.54) is 20.3 Å². The molecular weight excluding hydrogens is 378 g/mol. The molecule has 0 amide bonds. The van der Waals surface area contributed by atoms with E-state index in [-0.39, 0.29) is 18.6 Å². The normalized spacial score (nSPS) is 11.8. The van der Waals surface area contributed by atoms with E-state index in [4.69, 9.17) is 16.3 Å². The maximum atomic E-state index is 12.3. The van der Waals surface area contributed by atoms with E-state index >= 15 is 0 Å². The largest absolute Gasteiger partial charge is 0.462 e. The van der Waals surface area contributed by atoms with Gasteiger partial charge in [-0.3, -0.25) is 0 Å². The number of hydrogen-bond acceptors (Lipinski definition) is 5. The fraction of sp³-hybridized carbons (Fsp3) is 0.412. The van der Waals surface area contributed by atoms with Crippen molar-refractivity contribution >= 4 is 27.8 Å². The number of hydrogen-bond donors (Lipinski definition) is 0. The summed E-state index contributed by atoms with van der Waals surface area (Å²) in [4.78, 5) is 12.3. The molecule has 1 aromatic carbocycles. The summed E-state index contributed by atoms with van der Waals surface area (Å²) >= 11 is 6.27. The first-order chi connectivity index (χ1) is 12.2. The van der Waals surface area contributed by atoms with Gasteiger partial charge < -0.3 is 4.74 Å². The lowest BCUT2D eigenvalue weighted by molar-refractivity contribution is 0.0525. The Balaban J connectivity index is 2.53. The van der Waals surface area contributed by atoms with Crippen LogP contribution in [0.2, 0.25) is 5.02 Å². The topological polar surface area (TPSA) is 81.5 Å². The van der Waals surface area contributed by atoms with Crippen molar-refractivity contribution in [1.82, 2.24) is 13.5 Å². The van der Waals surface area contributed by atoms with Crippen LogP contribution in [0, 0.1) is 0 Å². The second-order valence-electron chi connectivity index (χ2n) is 5.83. The van der Waals surface area contributed by atoms with E-state index in [2.05, 4.69) is 5.10 Å². The molecule has 0 aliphatic heterocycles. The van der Waals surface area contributed by atoms with E-state index in [9.17, 15) is 13.2 Å². The predicted octanol–water partition coefficient (Wildman–Crippen LogP) is 2.52. The molecule has 2 rings (SSSR count). The molecular formula is C17H22ClN3O4S. The van der Waals surface area contributed by atoms with Crippen LogP contribution >= 0.6 is 11.6 Å². The second kappa shape index (κ2) is 8.20. The molecule has 0 bridgehead atoms. The number of aromatic nitrogens is 2. The molecule has 0 aliphatic carbocycles. The highest BCUT2D eigenvalue weighted by molar-refractivity contribution is 7.87. The number of halogens is 1. The zero-order valence-corrected chi connectivity index (χ0v) is 16.8. The van der Waals surface area contributed by atoms with Gasteiger partial charge in [0.05, 0.1) is 18.5 Å². The van der Waals surface area contributed by atoms with Crippen molar-refractivity contribution in [2.75, 3.05) is 20.7 Å². The first-order valence-electron chi connectivity index (χ1n) is 8.16. The van der Waals surface area contributed by atoms with Crippen LogP contribution < -0.4 is 0 Å². The van der Waals surface area contributed by atoms with Gasteiger partial charge in [0.15, 0.2) is 0 Å². The zero-order valence-electron chi connectivity index (χ0n) is 15.2. The van der Waals surface area contributed by atoms with Gasteiger partial charge >= 0.3 is 16.2 Å². The quantitative estimate of drug-likeness (QED) is 0.668. The highest BCUT2D eigenvalue weighted by Gasteiger charge is 2.25. The van der Waals surface area contributed by atoms with E-state index < -0.39 is 16.2 Å². The van der Waals surface area contributed by atoms with Gasteiger partial charge in [0.25, 0.3) is 0 Å². The van der Waals surface area contributed by atoms with Crippen molar-refractivity contribution < 1.29 is 17.9 Å². The average Bonchev–Trinajstić information content (AvgIpc) is 3.01. The number of carbonyl (C=O) groups excluding carboxylic acids is 1. The van der Waals surface area contributed by atoms with Gasteiger partial charge in [0, 0.05) is 25.5 Å². The van der Waals surface area contributed by atoms with E-state index in [1.807, 2.05) is 19.1 Å². The van der Waals surface area contributed by atoms with Crippen molar-refractivity contribution in [2.24, 2.45) is 0 Å². The Hall–Kier alpha value is -1.90. The molecule has 7 nitrogen and oxygen atoms in total. The van der Waals surface area contributed by atoms with Crippen LogP contribution in [0.1, 0.15) is 41.0 Å². The summed E-state index contributed by atoms with van der Waals surface area (Å²) in [5.41, 5.74) is 2.26. The molecule has 9 heteroatoms. The van der Waals surface area contributed by atoms with Crippen molar-refractivity contribution in [3.05, 3.63) is 51.8 Å². The number of nitrogens with zero attached hydrogens (tertiary/aromatic N) is 3. The summed E-state index contributed by atoms with van der Waals surface area (Å²) < 4.78 is 31.5. The fourth-order valence-electron chi connectivity index (χ4n) is 2.35. The molecule has 0 radical (unpaired) electrons. The molecule has 0 saturated carbocycles. The Morgan fingerprint density at radius 1 is 1.31 bits per heavy atom. The van der Waals surface area contributed by atoms with Gasteiger partial charge in [-0.05, 0) is 30.5 Å². The third-order valence-electron chi connectivity index (χ3n) is 3.84. The zero-order chi connectivity index (χ0) is 19.5. The maximum absolute atomic E-state index is 12.3. The minimum Gasteiger partial charge on any atom is -0.462 e. The Kier molecular flexibility index (Phi) is 6.44. The van der Waals surface area contributed by atoms with Gasteiger partial charge in [0.2, 0.25) is 0 Å². The molecule has 142 valence electrons. The van der Waals surface area contributed by atoms with E-state index in [0.29, 0.717) is 10.7 Å². The van der Waals surface area contributed by atoms with Crippen LogP contribution in [0.15, 0.2) is 24.4 Å². The van der Waals surface area contributed by atoms with Crippen molar-refractivity contribution in [2.45, 2.75) is 26.7 Å². The molecule has 0 atom stereocenters. The monoisotopic (exact) mass is 399 g/mol. The minimum atomic E-state index is -3.84. The lowest BCUT2D eigenvalue weighted by atomic mass is 10.0.